The van der Waals surface area contributed by atoms with Crippen molar-refractivity contribution in [3.63, 3.8) is 0 Å². The van der Waals surface area contributed by atoms with E-state index in [1.165, 1.54) is 25.3 Å². The van der Waals surface area contributed by atoms with Gasteiger partial charge in [0.05, 0.1) is 24.7 Å². The van der Waals surface area contributed by atoms with Crippen molar-refractivity contribution in [1.29, 1.82) is 0 Å². The standard InChI is InChI=1S/C18H21FN2O4S/c1-13-7-8-17(25-2)16(11-13)20-18(22)9-10-21(26(3,23)24)15-6-4-5-14(19)12-15/h4-8,11-12H,9-10H2,1-3H3,(H,20,22). The fraction of sp³-hybridized carbons (Fsp3) is 0.278. The Morgan fingerprint density at radius 3 is 2.58 bits per heavy atom. The first kappa shape index (κ1) is 19.7. The molecule has 8 heteroatoms. The van der Waals surface area contributed by atoms with Crippen molar-refractivity contribution in [2.75, 3.05) is 29.5 Å². The van der Waals surface area contributed by atoms with Gasteiger partial charge < -0.3 is 10.1 Å². The normalized spacial score (nSPS) is 11.1. The van der Waals surface area contributed by atoms with E-state index in [1.807, 2.05) is 13.0 Å². The molecule has 0 fully saturated rings. The van der Waals surface area contributed by atoms with Crippen molar-refractivity contribution < 1.29 is 22.3 Å². The average Bonchev–Trinajstić information content (AvgIpc) is 2.54. The number of carbonyl (C=O) groups is 1. The van der Waals surface area contributed by atoms with Gasteiger partial charge in [0.1, 0.15) is 11.6 Å². The van der Waals surface area contributed by atoms with E-state index in [-0.39, 0.29) is 24.6 Å². The Balaban J connectivity index is 2.12. The fourth-order valence-corrected chi connectivity index (χ4v) is 3.37. The lowest BCUT2D eigenvalue weighted by atomic mass is 10.2. The molecule has 2 aromatic rings. The highest BCUT2D eigenvalue weighted by molar-refractivity contribution is 7.92. The number of carbonyl (C=O) groups excluding carboxylic acids is 1. The number of aryl methyl sites for hydroxylation is 1. The number of halogens is 1. The lowest BCUT2D eigenvalue weighted by Gasteiger charge is -2.22. The first-order valence-electron chi connectivity index (χ1n) is 7.88. The van der Waals surface area contributed by atoms with Crippen molar-refractivity contribution in [2.45, 2.75) is 13.3 Å². The monoisotopic (exact) mass is 380 g/mol. The summed E-state index contributed by atoms with van der Waals surface area (Å²) in [5, 5.41) is 2.71. The number of sulfonamides is 1. The van der Waals surface area contributed by atoms with Gasteiger partial charge in [0, 0.05) is 13.0 Å². The summed E-state index contributed by atoms with van der Waals surface area (Å²) < 4.78 is 43.6. The van der Waals surface area contributed by atoms with Gasteiger partial charge in [-0.3, -0.25) is 9.10 Å². The van der Waals surface area contributed by atoms with E-state index in [1.54, 1.807) is 12.1 Å². The van der Waals surface area contributed by atoms with E-state index in [0.717, 1.165) is 22.2 Å². The lowest BCUT2D eigenvalue weighted by molar-refractivity contribution is -0.116. The maximum absolute atomic E-state index is 13.4. The molecule has 1 amide bonds. The SMILES string of the molecule is COc1ccc(C)cc1NC(=O)CCN(c1cccc(F)c1)S(C)(=O)=O. The first-order chi connectivity index (χ1) is 12.2. The molecule has 0 radical (unpaired) electrons. The highest BCUT2D eigenvalue weighted by Crippen LogP contribution is 2.25. The molecule has 0 aliphatic heterocycles. The minimum Gasteiger partial charge on any atom is -0.495 e. The van der Waals surface area contributed by atoms with Crippen LogP contribution in [-0.2, 0) is 14.8 Å². The summed E-state index contributed by atoms with van der Waals surface area (Å²) >= 11 is 0. The third kappa shape index (κ3) is 5.19. The van der Waals surface area contributed by atoms with Crippen LogP contribution >= 0.6 is 0 Å². The molecule has 2 rings (SSSR count). The molecule has 0 bridgehead atoms. The number of hydrogen-bond donors (Lipinski definition) is 1. The van der Waals surface area contributed by atoms with Crippen LogP contribution in [0.25, 0.3) is 0 Å². The molecule has 6 nitrogen and oxygen atoms in total. The van der Waals surface area contributed by atoms with Gasteiger partial charge in [-0.2, -0.15) is 0 Å². The summed E-state index contributed by atoms with van der Waals surface area (Å²) in [6.45, 7) is 1.77. The van der Waals surface area contributed by atoms with Gasteiger partial charge in [0.25, 0.3) is 0 Å². The van der Waals surface area contributed by atoms with Crippen LogP contribution < -0.4 is 14.4 Å². The van der Waals surface area contributed by atoms with Crippen LogP contribution in [-0.4, -0.2) is 34.2 Å². The Morgan fingerprint density at radius 2 is 1.96 bits per heavy atom. The summed E-state index contributed by atoms with van der Waals surface area (Å²) in [7, 11) is -2.17. The first-order valence-corrected chi connectivity index (χ1v) is 9.73. The summed E-state index contributed by atoms with van der Waals surface area (Å²) in [6, 6.07) is 10.6. The molecule has 0 unspecified atom stereocenters. The number of nitrogens with one attached hydrogen (secondary N) is 1. The van der Waals surface area contributed by atoms with Crippen LogP contribution in [0, 0.1) is 12.7 Å². The van der Waals surface area contributed by atoms with Gasteiger partial charge in [-0.25, -0.2) is 12.8 Å². The fourth-order valence-electron chi connectivity index (χ4n) is 2.45. The van der Waals surface area contributed by atoms with Crippen LogP contribution in [0.1, 0.15) is 12.0 Å². The van der Waals surface area contributed by atoms with Crippen molar-refractivity contribution in [1.82, 2.24) is 0 Å². The largest absolute Gasteiger partial charge is 0.495 e. The summed E-state index contributed by atoms with van der Waals surface area (Å²) in [4.78, 5) is 12.3. The van der Waals surface area contributed by atoms with Gasteiger partial charge in [-0.05, 0) is 42.8 Å². The van der Waals surface area contributed by atoms with Gasteiger partial charge in [0.2, 0.25) is 15.9 Å². The van der Waals surface area contributed by atoms with Crippen molar-refractivity contribution >= 4 is 27.3 Å². The number of ether oxygens (including phenoxy) is 1. The molecular formula is C18H21FN2O4S. The van der Waals surface area contributed by atoms with Crippen LogP contribution in [0.4, 0.5) is 15.8 Å². The number of nitrogens with zero attached hydrogens (tertiary/aromatic N) is 1. The Hall–Kier alpha value is -2.61. The minimum absolute atomic E-state index is 0.0965. The van der Waals surface area contributed by atoms with E-state index in [9.17, 15) is 17.6 Å². The van der Waals surface area contributed by atoms with Crippen LogP contribution in [0.2, 0.25) is 0 Å². The van der Waals surface area contributed by atoms with Crippen molar-refractivity contribution in [2.24, 2.45) is 0 Å². The van der Waals surface area contributed by atoms with Crippen LogP contribution in [0.5, 0.6) is 5.75 Å². The van der Waals surface area contributed by atoms with Gasteiger partial charge in [-0.15, -0.1) is 0 Å². The molecular weight excluding hydrogens is 359 g/mol. The summed E-state index contributed by atoms with van der Waals surface area (Å²) in [6.07, 6.45) is 0.917. The molecule has 0 heterocycles. The average molecular weight is 380 g/mol. The predicted octanol–water partition coefficient (Wildman–Crippen LogP) is 2.94. The summed E-state index contributed by atoms with van der Waals surface area (Å²) in [5.74, 6) is -0.418. The Morgan fingerprint density at radius 1 is 1.23 bits per heavy atom. The molecule has 26 heavy (non-hydrogen) atoms. The second-order valence-electron chi connectivity index (χ2n) is 5.82. The smallest absolute Gasteiger partial charge is 0.232 e. The quantitative estimate of drug-likeness (QED) is 0.801. The second-order valence-corrected chi connectivity index (χ2v) is 7.72. The summed E-state index contributed by atoms with van der Waals surface area (Å²) in [5.41, 5.74) is 1.63. The highest BCUT2D eigenvalue weighted by Gasteiger charge is 2.19. The molecule has 0 aliphatic carbocycles. The van der Waals surface area contributed by atoms with Crippen molar-refractivity contribution in [3.05, 3.63) is 53.8 Å². The van der Waals surface area contributed by atoms with E-state index in [0.29, 0.717) is 11.4 Å². The number of anilines is 2. The van der Waals surface area contributed by atoms with Crippen molar-refractivity contribution in [3.8, 4) is 5.75 Å². The highest BCUT2D eigenvalue weighted by atomic mass is 32.2. The molecule has 140 valence electrons. The lowest BCUT2D eigenvalue weighted by Crippen LogP contribution is -2.33. The Bertz CT molecular complexity index is 900. The van der Waals surface area contributed by atoms with E-state index < -0.39 is 15.8 Å². The zero-order chi connectivity index (χ0) is 19.3. The molecule has 0 aliphatic rings. The van der Waals surface area contributed by atoms with E-state index in [2.05, 4.69) is 5.32 Å². The molecule has 0 aromatic heterocycles. The number of amides is 1. The third-order valence-corrected chi connectivity index (χ3v) is 4.86. The number of methoxy groups -OCH3 is 1. The molecule has 0 saturated heterocycles. The molecule has 0 saturated carbocycles. The van der Waals surface area contributed by atoms with E-state index >= 15 is 0 Å². The number of hydrogen-bond acceptors (Lipinski definition) is 4. The predicted molar refractivity (Wildman–Crippen MR) is 99.6 cm³/mol. The Labute approximate surface area is 152 Å². The van der Waals surface area contributed by atoms with Crippen LogP contribution in [0.3, 0.4) is 0 Å². The molecule has 0 spiro atoms. The third-order valence-electron chi connectivity index (χ3n) is 3.67. The van der Waals surface area contributed by atoms with Gasteiger partial charge in [0.15, 0.2) is 0 Å². The minimum atomic E-state index is -3.66. The zero-order valence-electron chi connectivity index (χ0n) is 14.8. The second kappa shape index (κ2) is 8.18. The maximum atomic E-state index is 13.4. The Kier molecular flexibility index (Phi) is 6.20. The molecule has 2 aromatic carbocycles. The molecule has 0 atom stereocenters. The van der Waals surface area contributed by atoms with Gasteiger partial charge >= 0.3 is 0 Å². The number of rotatable bonds is 7. The van der Waals surface area contributed by atoms with Crippen LogP contribution in [0.15, 0.2) is 42.5 Å². The topological polar surface area (TPSA) is 75.7 Å². The number of benzene rings is 2. The molecule has 1 N–H and O–H groups in total. The maximum Gasteiger partial charge on any atom is 0.232 e. The van der Waals surface area contributed by atoms with Gasteiger partial charge in [-0.1, -0.05) is 12.1 Å². The zero-order valence-corrected chi connectivity index (χ0v) is 15.6. The van der Waals surface area contributed by atoms with E-state index in [4.69, 9.17) is 4.74 Å².